The van der Waals surface area contributed by atoms with E-state index in [9.17, 15) is 4.79 Å². The molecule has 0 aliphatic heterocycles. The molecule has 1 unspecified atom stereocenters. The summed E-state index contributed by atoms with van der Waals surface area (Å²) >= 11 is 0. The minimum absolute atomic E-state index is 0.0978. The molecule has 1 heterocycles. The van der Waals surface area contributed by atoms with Crippen molar-refractivity contribution in [2.24, 2.45) is 0 Å². The lowest BCUT2D eigenvalue weighted by Gasteiger charge is -2.17. The molecule has 0 saturated carbocycles. The molecule has 0 bridgehead atoms. The molecule has 0 aliphatic rings. The zero-order valence-electron chi connectivity index (χ0n) is 10.0. The normalized spacial score (nSPS) is 13.1. The number of nitrogens with zero attached hydrogens (tertiary/aromatic N) is 2. The van der Waals surface area contributed by atoms with Gasteiger partial charge >= 0.3 is 0 Å². The van der Waals surface area contributed by atoms with E-state index < -0.39 is 0 Å². The summed E-state index contributed by atoms with van der Waals surface area (Å²) in [6.45, 7) is 5.83. The Balaban J connectivity index is 2.87. The molecule has 0 N–H and O–H groups in total. The summed E-state index contributed by atoms with van der Waals surface area (Å²) in [6.07, 6.45) is 1.88. The number of aromatic nitrogens is 1. The van der Waals surface area contributed by atoms with E-state index in [1.54, 1.807) is 10.6 Å². The highest BCUT2D eigenvalue weighted by Crippen LogP contribution is 2.13. The molecule has 1 aromatic heterocycles. The van der Waals surface area contributed by atoms with Crippen molar-refractivity contribution in [3.05, 3.63) is 34.2 Å². The molecule has 0 fully saturated rings. The Bertz CT molecular complexity index is 368. The first-order chi connectivity index (χ1) is 7.04. The molecule has 1 rings (SSSR count). The monoisotopic (exact) mass is 208 g/mol. The number of aryl methyl sites for hydroxylation is 1. The first-order valence-corrected chi connectivity index (χ1v) is 5.39. The Labute approximate surface area is 91.3 Å². The van der Waals surface area contributed by atoms with Gasteiger partial charge in [0.25, 0.3) is 5.56 Å². The summed E-state index contributed by atoms with van der Waals surface area (Å²) in [5.41, 5.74) is 1.22. The zero-order valence-corrected chi connectivity index (χ0v) is 10.0. The van der Waals surface area contributed by atoms with E-state index in [4.69, 9.17) is 0 Å². The van der Waals surface area contributed by atoms with E-state index in [-0.39, 0.29) is 5.56 Å². The van der Waals surface area contributed by atoms with Crippen molar-refractivity contribution in [1.82, 2.24) is 9.47 Å². The Morgan fingerprint density at radius 3 is 2.60 bits per heavy atom. The highest BCUT2D eigenvalue weighted by molar-refractivity contribution is 5.16. The fourth-order valence-electron chi connectivity index (χ4n) is 1.74. The van der Waals surface area contributed by atoms with Gasteiger partial charge in [-0.1, -0.05) is 6.92 Å². The van der Waals surface area contributed by atoms with Crippen molar-refractivity contribution < 1.29 is 0 Å². The second-order valence-corrected chi connectivity index (χ2v) is 4.25. The Kier molecular flexibility index (Phi) is 4.09. The van der Waals surface area contributed by atoms with Crippen molar-refractivity contribution in [3.8, 4) is 0 Å². The van der Waals surface area contributed by atoms with E-state index in [1.807, 2.05) is 33.3 Å². The maximum Gasteiger partial charge on any atom is 0.250 e. The second kappa shape index (κ2) is 5.12. The van der Waals surface area contributed by atoms with E-state index in [2.05, 4.69) is 11.8 Å². The lowest BCUT2D eigenvalue weighted by atomic mass is 10.0. The van der Waals surface area contributed by atoms with Gasteiger partial charge < -0.3 is 9.47 Å². The van der Waals surface area contributed by atoms with Crippen LogP contribution in [-0.4, -0.2) is 30.1 Å². The molecular weight excluding hydrogens is 188 g/mol. The van der Waals surface area contributed by atoms with Crippen LogP contribution in [0.4, 0.5) is 0 Å². The third-order valence-corrected chi connectivity index (χ3v) is 2.57. The van der Waals surface area contributed by atoms with Gasteiger partial charge in [-0.2, -0.15) is 0 Å². The molecule has 0 aromatic carbocycles. The molecule has 0 spiro atoms. The first-order valence-electron chi connectivity index (χ1n) is 5.39. The fraction of sp³-hybridized carbons (Fsp3) is 0.583. The van der Waals surface area contributed by atoms with Crippen LogP contribution in [0.3, 0.4) is 0 Å². The summed E-state index contributed by atoms with van der Waals surface area (Å²) in [7, 11) is 4.09. The van der Waals surface area contributed by atoms with Crippen LogP contribution in [-0.2, 0) is 6.54 Å². The molecule has 0 aliphatic carbocycles. The van der Waals surface area contributed by atoms with Gasteiger partial charge in [0.1, 0.15) is 0 Å². The summed E-state index contributed by atoms with van der Waals surface area (Å²) in [5, 5.41) is 0. The van der Waals surface area contributed by atoms with Crippen molar-refractivity contribution in [2.45, 2.75) is 26.3 Å². The van der Waals surface area contributed by atoms with Crippen molar-refractivity contribution in [3.63, 3.8) is 0 Å². The van der Waals surface area contributed by atoms with E-state index in [0.717, 1.165) is 18.7 Å². The van der Waals surface area contributed by atoms with E-state index in [0.29, 0.717) is 5.92 Å². The topological polar surface area (TPSA) is 25.2 Å². The van der Waals surface area contributed by atoms with Gasteiger partial charge in [0.15, 0.2) is 0 Å². The summed E-state index contributed by atoms with van der Waals surface area (Å²) in [6, 6.07) is 3.79. The average Bonchev–Trinajstić information content (AvgIpc) is 2.16. The van der Waals surface area contributed by atoms with Gasteiger partial charge in [0, 0.05) is 25.4 Å². The Morgan fingerprint density at radius 1 is 1.47 bits per heavy atom. The fourth-order valence-corrected chi connectivity index (χ4v) is 1.74. The number of hydrogen-bond donors (Lipinski definition) is 0. The Hall–Kier alpha value is -1.09. The molecule has 0 saturated heterocycles. The Morgan fingerprint density at radius 2 is 2.13 bits per heavy atom. The SMILES string of the molecule is CCn1ccc(C(C)CN(C)C)cc1=O. The largest absolute Gasteiger partial charge is 0.316 e. The average molecular weight is 208 g/mol. The lowest BCUT2D eigenvalue weighted by molar-refractivity contribution is 0.382. The highest BCUT2D eigenvalue weighted by atomic mass is 16.1. The van der Waals surface area contributed by atoms with E-state index in [1.165, 1.54) is 0 Å². The molecule has 0 amide bonds. The number of likely N-dealkylation sites (N-methyl/N-ethyl adjacent to an activating group) is 1. The molecule has 3 nitrogen and oxygen atoms in total. The van der Waals surface area contributed by atoms with Gasteiger partial charge in [0.2, 0.25) is 0 Å². The quantitative estimate of drug-likeness (QED) is 0.750. The van der Waals surface area contributed by atoms with Gasteiger partial charge in [-0.05, 0) is 38.6 Å². The number of rotatable bonds is 4. The summed E-state index contributed by atoms with van der Waals surface area (Å²) in [4.78, 5) is 13.7. The lowest BCUT2D eigenvalue weighted by Crippen LogP contribution is -2.22. The summed E-state index contributed by atoms with van der Waals surface area (Å²) in [5.74, 6) is 0.402. The minimum atomic E-state index is 0.0978. The van der Waals surface area contributed by atoms with Crippen LogP contribution >= 0.6 is 0 Å². The predicted molar refractivity (Wildman–Crippen MR) is 63.3 cm³/mol. The summed E-state index contributed by atoms with van der Waals surface area (Å²) < 4.78 is 1.71. The minimum Gasteiger partial charge on any atom is -0.316 e. The molecule has 15 heavy (non-hydrogen) atoms. The van der Waals surface area contributed by atoms with Gasteiger partial charge in [-0.25, -0.2) is 0 Å². The van der Waals surface area contributed by atoms with Gasteiger partial charge in [-0.15, -0.1) is 0 Å². The predicted octanol–water partition coefficient (Wildman–Crippen LogP) is 1.53. The van der Waals surface area contributed by atoms with Gasteiger partial charge in [-0.3, -0.25) is 4.79 Å². The van der Waals surface area contributed by atoms with Crippen LogP contribution in [0.5, 0.6) is 0 Å². The van der Waals surface area contributed by atoms with Crippen LogP contribution in [0.1, 0.15) is 25.3 Å². The third kappa shape index (κ3) is 3.20. The zero-order chi connectivity index (χ0) is 11.4. The van der Waals surface area contributed by atoms with Gasteiger partial charge in [0.05, 0.1) is 0 Å². The molecular formula is C12H20N2O. The third-order valence-electron chi connectivity index (χ3n) is 2.57. The molecule has 1 atom stereocenters. The van der Waals surface area contributed by atoms with Crippen LogP contribution in [0, 0.1) is 0 Å². The molecule has 3 heteroatoms. The number of hydrogen-bond acceptors (Lipinski definition) is 2. The van der Waals surface area contributed by atoms with Crippen LogP contribution in [0.2, 0.25) is 0 Å². The molecule has 0 radical (unpaired) electrons. The second-order valence-electron chi connectivity index (χ2n) is 4.25. The maximum atomic E-state index is 11.6. The molecule has 84 valence electrons. The van der Waals surface area contributed by atoms with Crippen LogP contribution in [0.25, 0.3) is 0 Å². The first kappa shape index (κ1) is 12.0. The standard InChI is InChI=1S/C12H20N2O/c1-5-14-7-6-11(8-12(14)15)10(2)9-13(3)4/h6-8,10H,5,9H2,1-4H3. The van der Waals surface area contributed by atoms with E-state index >= 15 is 0 Å². The van der Waals surface area contributed by atoms with Crippen molar-refractivity contribution in [1.29, 1.82) is 0 Å². The maximum absolute atomic E-state index is 11.6. The highest BCUT2D eigenvalue weighted by Gasteiger charge is 2.07. The van der Waals surface area contributed by atoms with Crippen molar-refractivity contribution >= 4 is 0 Å². The smallest absolute Gasteiger partial charge is 0.250 e. The number of pyridine rings is 1. The van der Waals surface area contributed by atoms with Crippen LogP contribution < -0.4 is 5.56 Å². The van der Waals surface area contributed by atoms with Crippen LogP contribution in [0.15, 0.2) is 23.1 Å². The van der Waals surface area contributed by atoms with Crippen molar-refractivity contribution in [2.75, 3.05) is 20.6 Å². The molecule has 1 aromatic rings.